The molecule has 0 N–H and O–H groups in total. The maximum atomic E-state index is 14.6. The molecule has 0 radical (unpaired) electrons. The molecule has 222 valence electrons. The molecular formula is C38H27F3N2O2. The summed E-state index contributed by atoms with van der Waals surface area (Å²) in [4.78, 5) is 29.1. The van der Waals surface area contributed by atoms with Crippen LogP contribution in [-0.4, -0.2) is 11.6 Å². The zero-order chi connectivity index (χ0) is 31.7. The number of ketones is 2. The highest BCUT2D eigenvalue weighted by Crippen LogP contribution is 2.43. The average molecular weight is 601 g/mol. The van der Waals surface area contributed by atoms with Crippen LogP contribution in [0.1, 0.15) is 37.4 Å². The summed E-state index contributed by atoms with van der Waals surface area (Å²) in [6.45, 7) is 3.85. The van der Waals surface area contributed by atoms with Crippen molar-refractivity contribution in [3.05, 3.63) is 184 Å². The average Bonchev–Trinajstić information content (AvgIpc) is 3.36. The zero-order valence-electron chi connectivity index (χ0n) is 24.5. The van der Waals surface area contributed by atoms with Gasteiger partial charge in [-0.2, -0.15) is 0 Å². The van der Waals surface area contributed by atoms with Gasteiger partial charge in [0.2, 0.25) is 5.78 Å². The van der Waals surface area contributed by atoms with Crippen LogP contribution in [0.5, 0.6) is 0 Å². The molecule has 6 rings (SSSR count). The van der Waals surface area contributed by atoms with E-state index >= 15 is 0 Å². The number of carbonyl (C=O) groups excluding carboxylic acids is 2. The van der Waals surface area contributed by atoms with Gasteiger partial charge in [-0.25, -0.2) is 23.2 Å². The number of hydrogen-bond donors (Lipinski definition) is 0. The number of aryl methyl sites for hydroxylation is 2. The number of hydrogen-bond acceptors (Lipinski definition) is 4. The highest BCUT2D eigenvalue weighted by Gasteiger charge is 2.43. The third-order valence-corrected chi connectivity index (χ3v) is 7.45. The maximum Gasteiger partial charge on any atom is 0.212 e. The number of nitrogens with zero attached hydrogens (tertiary/aromatic N) is 2. The normalized spacial score (nSPS) is 13.9. The molecule has 1 aliphatic heterocycles. The van der Waals surface area contributed by atoms with E-state index in [9.17, 15) is 22.8 Å². The minimum absolute atomic E-state index is 0.0244. The van der Waals surface area contributed by atoms with E-state index in [1.807, 2.05) is 62.4 Å². The van der Waals surface area contributed by atoms with Crippen LogP contribution in [0.3, 0.4) is 0 Å². The van der Waals surface area contributed by atoms with Crippen molar-refractivity contribution < 1.29 is 22.8 Å². The molecule has 0 saturated heterocycles. The van der Waals surface area contributed by atoms with Crippen molar-refractivity contribution in [2.24, 2.45) is 0 Å². The molecule has 5 aromatic rings. The maximum absolute atomic E-state index is 14.6. The van der Waals surface area contributed by atoms with Gasteiger partial charge in [-0.05, 0) is 122 Å². The summed E-state index contributed by atoms with van der Waals surface area (Å²) < 4.78 is 41.9. The van der Waals surface area contributed by atoms with Gasteiger partial charge in [0.1, 0.15) is 23.1 Å². The predicted octanol–water partition coefficient (Wildman–Crippen LogP) is 9.02. The van der Waals surface area contributed by atoms with Gasteiger partial charge in [0.25, 0.3) is 0 Å². The fourth-order valence-corrected chi connectivity index (χ4v) is 5.33. The summed E-state index contributed by atoms with van der Waals surface area (Å²) in [7, 11) is 0. The SMILES string of the molecule is Cc1cccc(N2C(C(=O)c3ccc(F)cc3)=C(C(=O)c3ccc(F)cc3)/C(=C/c3ccc(F)cc3)N2c2cccc(C)c2)c1. The van der Waals surface area contributed by atoms with Crippen LogP contribution in [0.15, 0.2) is 138 Å². The zero-order valence-corrected chi connectivity index (χ0v) is 24.5. The first-order valence-corrected chi connectivity index (χ1v) is 14.3. The lowest BCUT2D eigenvalue weighted by molar-refractivity contribution is 0.100. The smallest absolute Gasteiger partial charge is 0.212 e. The number of allylic oxidation sites excluding steroid dienone is 2. The van der Waals surface area contributed by atoms with E-state index in [1.165, 1.54) is 60.7 Å². The molecule has 0 saturated carbocycles. The van der Waals surface area contributed by atoms with Gasteiger partial charge >= 0.3 is 0 Å². The molecule has 0 atom stereocenters. The molecule has 45 heavy (non-hydrogen) atoms. The van der Waals surface area contributed by atoms with E-state index in [1.54, 1.807) is 28.2 Å². The first-order chi connectivity index (χ1) is 21.7. The molecule has 0 fully saturated rings. The Morgan fingerprint density at radius 3 is 1.49 bits per heavy atom. The van der Waals surface area contributed by atoms with Crippen molar-refractivity contribution in [2.75, 3.05) is 10.0 Å². The summed E-state index contributed by atoms with van der Waals surface area (Å²) >= 11 is 0. The number of Topliss-reactive ketones (excluding diaryl/α,β-unsaturated/α-hetero) is 2. The number of hydrazine groups is 1. The molecule has 1 aliphatic rings. The largest absolute Gasteiger partial charge is 0.288 e. The van der Waals surface area contributed by atoms with Gasteiger partial charge < -0.3 is 0 Å². The van der Waals surface area contributed by atoms with Gasteiger partial charge in [-0.15, -0.1) is 0 Å². The number of carbonyl (C=O) groups is 2. The van der Waals surface area contributed by atoms with Gasteiger partial charge in [0.05, 0.1) is 22.6 Å². The van der Waals surface area contributed by atoms with Crippen LogP contribution >= 0.6 is 0 Å². The lowest BCUT2D eigenvalue weighted by atomic mass is 9.95. The predicted molar refractivity (Wildman–Crippen MR) is 170 cm³/mol. The quantitative estimate of drug-likeness (QED) is 0.175. The molecule has 0 spiro atoms. The van der Waals surface area contributed by atoms with Crippen molar-refractivity contribution in [2.45, 2.75) is 13.8 Å². The molecule has 5 aromatic carbocycles. The van der Waals surface area contributed by atoms with Crippen molar-refractivity contribution in [1.82, 2.24) is 0 Å². The Kier molecular flexibility index (Phi) is 7.92. The Labute approximate surface area is 259 Å². The summed E-state index contributed by atoms with van der Waals surface area (Å²) in [5, 5.41) is 3.46. The van der Waals surface area contributed by atoms with E-state index < -0.39 is 29.0 Å². The Balaban J connectivity index is 1.72. The molecule has 0 aliphatic carbocycles. The molecule has 0 unspecified atom stereocenters. The van der Waals surface area contributed by atoms with Crippen molar-refractivity contribution in [1.29, 1.82) is 0 Å². The van der Waals surface area contributed by atoms with Gasteiger partial charge in [-0.3, -0.25) is 9.59 Å². The van der Waals surface area contributed by atoms with Crippen LogP contribution in [0.4, 0.5) is 24.5 Å². The number of rotatable bonds is 7. The second kappa shape index (κ2) is 12.1. The van der Waals surface area contributed by atoms with Crippen LogP contribution in [-0.2, 0) is 0 Å². The molecule has 1 heterocycles. The number of halogens is 3. The second-order valence-electron chi connectivity index (χ2n) is 10.8. The molecule has 0 amide bonds. The minimum Gasteiger partial charge on any atom is -0.288 e. The van der Waals surface area contributed by atoms with Crippen LogP contribution < -0.4 is 10.0 Å². The van der Waals surface area contributed by atoms with Gasteiger partial charge in [0, 0.05) is 11.1 Å². The van der Waals surface area contributed by atoms with E-state index in [0.717, 1.165) is 11.1 Å². The Morgan fingerprint density at radius 2 is 1.00 bits per heavy atom. The third-order valence-electron chi connectivity index (χ3n) is 7.45. The van der Waals surface area contributed by atoms with Crippen molar-refractivity contribution in [3.8, 4) is 0 Å². The van der Waals surface area contributed by atoms with Crippen LogP contribution in [0.2, 0.25) is 0 Å². The monoisotopic (exact) mass is 600 g/mol. The fourth-order valence-electron chi connectivity index (χ4n) is 5.33. The lowest BCUT2D eigenvalue weighted by Crippen LogP contribution is -2.39. The highest BCUT2D eigenvalue weighted by atomic mass is 19.1. The van der Waals surface area contributed by atoms with Crippen LogP contribution in [0, 0.1) is 31.3 Å². The summed E-state index contributed by atoms with van der Waals surface area (Å²) in [5.41, 5.74) is 4.40. The first kappa shape index (κ1) is 29.4. The first-order valence-electron chi connectivity index (χ1n) is 14.3. The topological polar surface area (TPSA) is 40.6 Å². The van der Waals surface area contributed by atoms with E-state index in [2.05, 4.69) is 0 Å². The van der Waals surface area contributed by atoms with E-state index in [4.69, 9.17) is 0 Å². The Morgan fingerprint density at radius 1 is 0.556 bits per heavy atom. The summed E-state index contributed by atoms with van der Waals surface area (Å²) in [6.07, 6.45) is 1.71. The molecular weight excluding hydrogens is 573 g/mol. The third kappa shape index (κ3) is 5.93. The molecule has 7 heteroatoms. The van der Waals surface area contributed by atoms with Gasteiger partial charge in [-0.1, -0.05) is 36.4 Å². The number of benzene rings is 5. The van der Waals surface area contributed by atoms with Gasteiger partial charge in [0.15, 0.2) is 5.78 Å². The summed E-state index contributed by atoms with van der Waals surface area (Å²) in [6, 6.07) is 31.1. The van der Waals surface area contributed by atoms with Crippen LogP contribution in [0.25, 0.3) is 6.08 Å². The fraction of sp³-hybridized carbons (Fsp3) is 0.0526. The van der Waals surface area contributed by atoms with E-state index in [0.29, 0.717) is 22.6 Å². The minimum atomic E-state index is -0.526. The molecule has 0 aromatic heterocycles. The lowest BCUT2D eigenvalue weighted by Gasteiger charge is -2.34. The highest BCUT2D eigenvalue weighted by molar-refractivity contribution is 6.24. The second-order valence-corrected chi connectivity index (χ2v) is 10.8. The summed E-state index contributed by atoms with van der Waals surface area (Å²) in [5.74, 6) is -2.50. The van der Waals surface area contributed by atoms with Crippen molar-refractivity contribution >= 4 is 29.0 Å². The Bertz CT molecular complexity index is 1980. The number of anilines is 2. The Hall–Kier alpha value is -5.69. The molecule has 0 bridgehead atoms. The molecule has 4 nitrogen and oxygen atoms in total. The van der Waals surface area contributed by atoms with E-state index in [-0.39, 0.29) is 22.4 Å². The standard InChI is InChI=1S/C38H27F3N2O2/c1-24-5-3-7-32(21-24)42-34(23-26-9-15-29(39)16-10-26)35(37(44)27-11-17-30(40)18-12-27)36(38(45)28-13-19-31(41)20-14-28)43(42)33-8-4-6-25(2)22-33/h3-23H,1-2H3/b34-23-. The van der Waals surface area contributed by atoms with Crippen molar-refractivity contribution in [3.63, 3.8) is 0 Å².